The average Bonchev–Trinajstić information content (AvgIpc) is 3.14. The molecular formula is C16H21N3O2. The van der Waals surface area contributed by atoms with Crippen LogP contribution in [0, 0.1) is 5.92 Å². The lowest BCUT2D eigenvalue weighted by Gasteiger charge is -2.23. The Balaban J connectivity index is 1.70. The van der Waals surface area contributed by atoms with Crippen LogP contribution in [0.25, 0.3) is 11.2 Å². The van der Waals surface area contributed by atoms with E-state index >= 15 is 0 Å². The van der Waals surface area contributed by atoms with E-state index in [9.17, 15) is 0 Å². The maximum atomic E-state index is 5.89. The van der Waals surface area contributed by atoms with Gasteiger partial charge in [0, 0.05) is 32.4 Å². The Bertz CT molecular complexity index is 613. The van der Waals surface area contributed by atoms with Crippen LogP contribution >= 0.6 is 0 Å². The molecule has 2 unspecified atom stereocenters. The molecule has 0 amide bonds. The number of hydrogen-bond donors (Lipinski definition) is 0. The second-order valence-electron chi connectivity index (χ2n) is 6.00. The number of ether oxygens (including phenoxy) is 2. The highest BCUT2D eigenvalue weighted by molar-refractivity contribution is 5.71. The van der Waals surface area contributed by atoms with Gasteiger partial charge >= 0.3 is 0 Å². The van der Waals surface area contributed by atoms with Crippen molar-refractivity contribution in [2.45, 2.75) is 38.3 Å². The Morgan fingerprint density at radius 1 is 1.24 bits per heavy atom. The molecule has 0 aromatic carbocycles. The summed E-state index contributed by atoms with van der Waals surface area (Å²) < 4.78 is 13.7. The highest BCUT2D eigenvalue weighted by Gasteiger charge is 2.26. The summed E-state index contributed by atoms with van der Waals surface area (Å²) in [5.41, 5.74) is 1.93. The van der Waals surface area contributed by atoms with E-state index in [-0.39, 0.29) is 6.23 Å². The standard InChI is InChI=1S/C16H21N3O2/c1-5-13-16(17-7-1)19(15-6-3-9-21-15)14(18-13)10-12-4-2-8-20-11-12/h1,5,7,12,15H,2-4,6,8-11H2. The lowest BCUT2D eigenvalue weighted by Crippen LogP contribution is -2.22. The molecule has 112 valence electrons. The Morgan fingerprint density at radius 2 is 2.19 bits per heavy atom. The fourth-order valence-electron chi connectivity index (χ4n) is 3.41. The van der Waals surface area contributed by atoms with E-state index < -0.39 is 0 Å². The molecule has 2 saturated heterocycles. The summed E-state index contributed by atoms with van der Waals surface area (Å²) >= 11 is 0. The maximum Gasteiger partial charge on any atom is 0.162 e. The molecule has 2 aromatic heterocycles. The van der Waals surface area contributed by atoms with Crippen molar-refractivity contribution >= 4 is 11.2 Å². The fourth-order valence-corrected chi connectivity index (χ4v) is 3.41. The second kappa shape index (κ2) is 5.73. The van der Waals surface area contributed by atoms with E-state index in [1.807, 2.05) is 18.3 Å². The third-order valence-electron chi connectivity index (χ3n) is 4.44. The first-order valence-electron chi connectivity index (χ1n) is 7.93. The van der Waals surface area contributed by atoms with E-state index in [0.717, 1.165) is 62.5 Å². The van der Waals surface area contributed by atoms with Gasteiger partial charge in [0.25, 0.3) is 0 Å². The molecule has 0 N–H and O–H groups in total. The third kappa shape index (κ3) is 2.56. The molecule has 0 saturated carbocycles. The molecule has 5 heteroatoms. The van der Waals surface area contributed by atoms with Gasteiger partial charge in [0.15, 0.2) is 5.65 Å². The molecule has 5 nitrogen and oxygen atoms in total. The monoisotopic (exact) mass is 287 g/mol. The van der Waals surface area contributed by atoms with Gasteiger partial charge in [-0.15, -0.1) is 0 Å². The van der Waals surface area contributed by atoms with Gasteiger partial charge in [0.2, 0.25) is 0 Å². The topological polar surface area (TPSA) is 49.2 Å². The smallest absolute Gasteiger partial charge is 0.162 e. The van der Waals surface area contributed by atoms with Crippen LogP contribution in [0.4, 0.5) is 0 Å². The minimum absolute atomic E-state index is 0.101. The van der Waals surface area contributed by atoms with Gasteiger partial charge < -0.3 is 9.47 Å². The lowest BCUT2D eigenvalue weighted by atomic mass is 9.98. The van der Waals surface area contributed by atoms with Crippen molar-refractivity contribution in [3.63, 3.8) is 0 Å². The number of nitrogens with zero attached hydrogens (tertiary/aromatic N) is 3. The maximum absolute atomic E-state index is 5.89. The Hall–Kier alpha value is -1.46. The summed E-state index contributed by atoms with van der Waals surface area (Å²) in [6.45, 7) is 2.59. The van der Waals surface area contributed by atoms with E-state index in [4.69, 9.17) is 14.5 Å². The molecule has 0 radical (unpaired) electrons. The molecule has 2 aromatic rings. The minimum atomic E-state index is 0.101. The molecular weight excluding hydrogens is 266 g/mol. The van der Waals surface area contributed by atoms with Crippen LogP contribution in [0.1, 0.15) is 37.7 Å². The first kappa shape index (κ1) is 13.2. The van der Waals surface area contributed by atoms with Crippen molar-refractivity contribution in [3.8, 4) is 0 Å². The van der Waals surface area contributed by atoms with E-state index in [0.29, 0.717) is 5.92 Å². The summed E-state index contributed by atoms with van der Waals surface area (Å²) in [5.74, 6) is 1.67. The summed E-state index contributed by atoms with van der Waals surface area (Å²) in [4.78, 5) is 9.34. The van der Waals surface area contributed by atoms with Crippen LogP contribution in [0.2, 0.25) is 0 Å². The zero-order valence-electron chi connectivity index (χ0n) is 12.2. The quantitative estimate of drug-likeness (QED) is 0.871. The van der Waals surface area contributed by atoms with Crippen LogP contribution in [0.3, 0.4) is 0 Å². The number of fused-ring (bicyclic) bond motifs is 1. The van der Waals surface area contributed by atoms with Crippen LogP contribution in [0.5, 0.6) is 0 Å². The van der Waals surface area contributed by atoms with Gasteiger partial charge in [-0.1, -0.05) is 0 Å². The molecule has 21 heavy (non-hydrogen) atoms. The van der Waals surface area contributed by atoms with E-state index in [1.165, 1.54) is 6.42 Å². The molecule has 2 fully saturated rings. The molecule has 2 aliphatic heterocycles. The zero-order valence-corrected chi connectivity index (χ0v) is 12.2. The summed E-state index contributed by atoms with van der Waals surface area (Å²) in [6, 6.07) is 3.98. The van der Waals surface area contributed by atoms with Crippen molar-refractivity contribution < 1.29 is 9.47 Å². The highest BCUT2D eigenvalue weighted by Crippen LogP contribution is 2.30. The fraction of sp³-hybridized carbons (Fsp3) is 0.625. The number of rotatable bonds is 3. The predicted octanol–water partition coefficient (Wildman–Crippen LogP) is 2.71. The van der Waals surface area contributed by atoms with Gasteiger partial charge in [-0.2, -0.15) is 0 Å². The average molecular weight is 287 g/mol. The van der Waals surface area contributed by atoms with Gasteiger partial charge in [-0.05, 0) is 43.7 Å². The summed E-state index contributed by atoms with van der Waals surface area (Å²) in [6.07, 6.45) is 7.44. The first-order valence-corrected chi connectivity index (χ1v) is 7.93. The number of pyridine rings is 1. The van der Waals surface area contributed by atoms with Crippen molar-refractivity contribution in [3.05, 3.63) is 24.2 Å². The Kier molecular flexibility index (Phi) is 3.61. The number of aromatic nitrogens is 3. The SMILES string of the molecule is c1cnc2c(c1)nc(CC1CCCOC1)n2C1CCCO1. The van der Waals surface area contributed by atoms with E-state index in [2.05, 4.69) is 9.55 Å². The van der Waals surface area contributed by atoms with Gasteiger partial charge in [0.05, 0.1) is 0 Å². The lowest BCUT2D eigenvalue weighted by molar-refractivity contribution is 0.0451. The van der Waals surface area contributed by atoms with Gasteiger partial charge in [-0.25, -0.2) is 9.97 Å². The van der Waals surface area contributed by atoms with Crippen LogP contribution in [0.15, 0.2) is 18.3 Å². The highest BCUT2D eigenvalue weighted by atomic mass is 16.5. The Labute approximate surface area is 124 Å². The van der Waals surface area contributed by atoms with Crippen molar-refractivity contribution in [2.24, 2.45) is 5.92 Å². The Morgan fingerprint density at radius 3 is 3.00 bits per heavy atom. The van der Waals surface area contributed by atoms with Crippen LogP contribution < -0.4 is 0 Å². The number of hydrogen-bond acceptors (Lipinski definition) is 4. The summed E-state index contributed by atoms with van der Waals surface area (Å²) in [5, 5.41) is 0. The minimum Gasteiger partial charge on any atom is -0.381 e. The molecule has 2 aliphatic rings. The first-order chi connectivity index (χ1) is 10.4. The molecule has 0 spiro atoms. The van der Waals surface area contributed by atoms with Crippen molar-refractivity contribution in [1.82, 2.24) is 14.5 Å². The van der Waals surface area contributed by atoms with Crippen LogP contribution in [-0.4, -0.2) is 34.4 Å². The molecule has 0 aliphatic carbocycles. The zero-order chi connectivity index (χ0) is 14.1. The largest absolute Gasteiger partial charge is 0.381 e. The third-order valence-corrected chi connectivity index (χ3v) is 4.44. The molecule has 4 rings (SSSR count). The van der Waals surface area contributed by atoms with Crippen LogP contribution in [-0.2, 0) is 15.9 Å². The van der Waals surface area contributed by atoms with Gasteiger partial charge in [0.1, 0.15) is 17.6 Å². The van der Waals surface area contributed by atoms with E-state index in [1.54, 1.807) is 0 Å². The molecule has 2 atom stereocenters. The predicted molar refractivity (Wildman–Crippen MR) is 79.0 cm³/mol. The van der Waals surface area contributed by atoms with Crippen molar-refractivity contribution in [1.29, 1.82) is 0 Å². The van der Waals surface area contributed by atoms with Gasteiger partial charge in [-0.3, -0.25) is 4.57 Å². The molecule has 0 bridgehead atoms. The summed E-state index contributed by atoms with van der Waals surface area (Å²) in [7, 11) is 0. The van der Waals surface area contributed by atoms with Crippen molar-refractivity contribution in [2.75, 3.05) is 19.8 Å². The second-order valence-corrected chi connectivity index (χ2v) is 6.00. The normalized spacial score (nSPS) is 26.5. The molecule has 4 heterocycles. The number of imidazole rings is 1.